The van der Waals surface area contributed by atoms with Gasteiger partial charge in [-0.2, -0.15) is 0 Å². The smallest absolute Gasteiger partial charge is 0.306 e. The van der Waals surface area contributed by atoms with Crippen molar-refractivity contribution in [1.82, 2.24) is 9.63 Å². The molecule has 0 N–H and O–H groups in total. The van der Waals surface area contributed by atoms with Gasteiger partial charge in [0.05, 0.1) is 30.8 Å². The van der Waals surface area contributed by atoms with E-state index < -0.39 is 0 Å². The number of furan rings is 1. The summed E-state index contributed by atoms with van der Waals surface area (Å²) >= 11 is 11.7. The van der Waals surface area contributed by atoms with E-state index in [9.17, 15) is 4.79 Å². The molecule has 0 aliphatic carbocycles. The summed E-state index contributed by atoms with van der Waals surface area (Å²) in [5, 5.41) is 2.87. The Bertz CT molecular complexity index is 1100. The van der Waals surface area contributed by atoms with E-state index in [1.165, 1.54) is 0 Å². The van der Waals surface area contributed by atoms with Crippen LogP contribution in [0.1, 0.15) is 32.9 Å². The largest absolute Gasteiger partial charge is 0.466 e. The Morgan fingerprint density at radius 2 is 2.00 bits per heavy atom. The van der Waals surface area contributed by atoms with Crippen LogP contribution in [0.2, 0.25) is 5.02 Å². The molecular weight excluding hydrogens is 424 g/mol. The van der Waals surface area contributed by atoms with Crippen molar-refractivity contribution in [2.75, 3.05) is 13.2 Å². The molecule has 1 aliphatic rings. The molecule has 8 heteroatoms. The summed E-state index contributed by atoms with van der Waals surface area (Å²) in [7, 11) is 0. The molecule has 0 unspecified atom stereocenters. The van der Waals surface area contributed by atoms with Crippen molar-refractivity contribution in [3.05, 3.63) is 47.1 Å². The molecular formula is C22H23ClN2O4S. The van der Waals surface area contributed by atoms with Gasteiger partial charge in [0.25, 0.3) is 0 Å². The number of nitrogens with zero attached hydrogens (tertiary/aromatic N) is 2. The quantitative estimate of drug-likeness (QED) is 0.372. The van der Waals surface area contributed by atoms with E-state index in [0.29, 0.717) is 29.9 Å². The van der Waals surface area contributed by atoms with Gasteiger partial charge in [0, 0.05) is 22.7 Å². The Labute approximate surface area is 185 Å². The lowest BCUT2D eigenvalue weighted by molar-refractivity contribution is -0.153. The summed E-state index contributed by atoms with van der Waals surface area (Å²) in [4.78, 5) is 17.8. The van der Waals surface area contributed by atoms with E-state index >= 15 is 0 Å². The van der Waals surface area contributed by atoms with Crippen molar-refractivity contribution in [2.45, 2.75) is 33.8 Å². The van der Waals surface area contributed by atoms with Gasteiger partial charge in [-0.05, 0) is 48.8 Å². The minimum atomic E-state index is -0.370. The Balaban J connectivity index is 1.58. The molecule has 0 radical (unpaired) electrons. The SMILES string of the molecule is CCOC(=O)CC(C)(C)CN1OCc2cc3oc(-c4ccc(Cl)cc4)cc3n2C1=S. The van der Waals surface area contributed by atoms with Crippen LogP contribution in [0, 0.1) is 5.41 Å². The molecule has 158 valence electrons. The van der Waals surface area contributed by atoms with Gasteiger partial charge in [-0.25, -0.2) is 5.06 Å². The highest BCUT2D eigenvalue weighted by Crippen LogP contribution is 2.34. The second-order valence-electron chi connectivity index (χ2n) is 8.08. The van der Waals surface area contributed by atoms with Gasteiger partial charge in [0.15, 0.2) is 5.58 Å². The summed E-state index contributed by atoms with van der Waals surface area (Å²) in [5.41, 5.74) is 3.13. The molecule has 3 heterocycles. The Hall–Kier alpha value is -2.35. The maximum absolute atomic E-state index is 11.9. The predicted octanol–water partition coefficient (Wildman–Crippen LogP) is 5.41. The molecule has 0 fully saturated rings. The molecule has 0 spiro atoms. The van der Waals surface area contributed by atoms with Gasteiger partial charge in [0.2, 0.25) is 5.11 Å². The number of rotatable bonds is 6. The number of fused-ring (bicyclic) bond motifs is 3. The Morgan fingerprint density at radius 3 is 2.70 bits per heavy atom. The van der Waals surface area contributed by atoms with Crippen LogP contribution in [0.3, 0.4) is 0 Å². The molecule has 0 amide bonds. The maximum atomic E-state index is 11.9. The number of hydrogen-bond acceptors (Lipinski definition) is 5. The molecule has 1 aliphatic heterocycles. The molecule has 0 saturated heterocycles. The predicted molar refractivity (Wildman–Crippen MR) is 119 cm³/mol. The molecule has 30 heavy (non-hydrogen) atoms. The number of thiocarbonyl (C=S) groups is 1. The average molecular weight is 447 g/mol. The minimum absolute atomic E-state index is 0.225. The second-order valence-corrected chi connectivity index (χ2v) is 8.88. The lowest BCUT2D eigenvalue weighted by Crippen LogP contribution is -2.44. The fraction of sp³-hybridized carbons (Fsp3) is 0.364. The Morgan fingerprint density at radius 1 is 1.27 bits per heavy atom. The first-order valence-electron chi connectivity index (χ1n) is 9.78. The molecule has 0 bridgehead atoms. The zero-order valence-electron chi connectivity index (χ0n) is 17.1. The van der Waals surface area contributed by atoms with Crippen molar-refractivity contribution in [3.63, 3.8) is 0 Å². The van der Waals surface area contributed by atoms with Crippen LogP contribution in [0.5, 0.6) is 0 Å². The molecule has 4 rings (SSSR count). The highest BCUT2D eigenvalue weighted by atomic mass is 35.5. The number of benzene rings is 1. The fourth-order valence-electron chi connectivity index (χ4n) is 3.60. The third-order valence-corrected chi connectivity index (χ3v) is 5.61. The van der Waals surface area contributed by atoms with Crippen LogP contribution in [0.15, 0.2) is 40.8 Å². The molecule has 6 nitrogen and oxygen atoms in total. The lowest BCUT2D eigenvalue weighted by atomic mass is 9.89. The second kappa shape index (κ2) is 8.06. The summed E-state index contributed by atoms with van der Waals surface area (Å²) in [6.07, 6.45) is 0.281. The zero-order valence-corrected chi connectivity index (χ0v) is 18.7. The van der Waals surface area contributed by atoms with Gasteiger partial charge in [-0.15, -0.1) is 0 Å². The normalized spacial score (nSPS) is 14.3. The number of halogens is 1. The molecule has 3 aromatic rings. The van der Waals surface area contributed by atoms with Crippen LogP contribution in [-0.4, -0.2) is 33.9 Å². The maximum Gasteiger partial charge on any atom is 0.306 e. The highest BCUT2D eigenvalue weighted by Gasteiger charge is 2.32. The lowest BCUT2D eigenvalue weighted by Gasteiger charge is -2.35. The zero-order chi connectivity index (χ0) is 21.5. The first-order chi connectivity index (χ1) is 14.3. The van der Waals surface area contributed by atoms with Crippen LogP contribution in [-0.2, 0) is 21.0 Å². The van der Waals surface area contributed by atoms with E-state index in [-0.39, 0.29) is 17.8 Å². The van der Waals surface area contributed by atoms with Crippen LogP contribution >= 0.6 is 23.8 Å². The van der Waals surface area contributed by atoms with Crippen molar-refractivity contribution in [2.24, 2.45) is 5.41 Å². The third kappa shape index (κ3) is 4.10. The number of hydroxylamine groups is 2. The van der Waals surface area contributed by atoms with Gasteiger partial charge < -0.3 is 9.15 Å². The van der Waals surface area contributed by atoms with Gasteiger partial charge in [-0.1, -0.05) is 25.4 Å². The van der Waals surface area contributed by atoms with Gasteiger partial charge in [-0.3, -0.25) is 14.2 Å². The summed E-state index contributed by atoms with van der Waals surface area (Å²) in [5.74, 6) is 0.521. The molecule has 0 saturated carbocycles. The van der Waals surface area contributed by atoms with E-state index in [4.69, 9.17) is 37.8 Å². The average Bonchev–Trinajstić information content (AvgIpc) is 3.22. The fourth-order valence-corrected chi connectivity index (χ4v) is 4.06. The van der Waals surface area contributed by atoms with E-state index in [1.54, 1.807) is 12.0 Å². The number of carbonyl (C=O) groups excluding carboxylic acids is 1. The Kier molecular flexibility index (Phi) is 5.61. The summed E-state index contributed by atoms with van der Waals surface area (Å²) in [6.45, 7) is 6.99. The van der Waals surface area contributed by atoms with Crippen molar-refractivity contribution in [1.29, 1.82) is 0 Å². The number of carbonyl (C=O) groups is 1. The topological polar surface area (TPSA) is 56.8 Å². The van der Waals surface area contributed by atoms with Crippen molar-refractivity contribution < 1.29 is 18.8 Å². The number of ether oxygens (including phenoxy) is 1. The summed E-state index contributed by atoms with van der Waals surface area (Å²) < 4.78 is 13.1. The standard InChI is InChI=1S/C22H23ClN2O4S/c1-4-27-20(26)11-22(2,3)13-24-21(30)25-16(12-28-24)9-19-17(25)10-18(29-19)14-5-7-15(23)8-6-14/h5-10H,4,11-13H2,1-3H3. The number of esters is 1. The third-order valence-electron chi connectivity index (χ3n) is 4.97. The minimum Gasteiger partial charge on any atom is -0.466 e. The number of hydrogen-bond donors (Lipinski definition) is 0. The molecule has 1 aromatic carbocycles. The first kappa shape index (κ1) is 20.9. The van der Waals surface area contributed by atoms with Crippen molar-refractivity contribution in [3.8, 4) is 11.3 Å². The summed E-state index contributed by atoms with van der Waals surface area (Å²) in [6, 6.07) is 11.4. The van der Waals surface area contributed by atoms with Gasteiger partial charge in [0.1, 0.15) is 12.4 Å². The van der Waals surface area contributed by atoms with E-state index in [1.807, 2.05) is 54.8 Å². The van der Waals surface area contributed by atoms with Crippen molar-refractivity contribution >= 4 is 46.0 Å². The molecule has 0 atom stereocenters. The molecule has 2 aromatic heterocycles. The monoisotopic (exact) mass is 446 g/mol. The van der Waals surface area contributed by atoms with Crippen LogP contribution < -0.4 is 0 Å². The van der Waals surface area contributed by atoms with Gasteiger partial charge >= 0.3 is 5.97 Å². The van der Waals surface area contributed by atoms with E-state index in [2.05, 4.69) is 0 Å². The first-order valence-corrected chi connectivity index (χ1v) is 10.6. The van der Waals surface area contributed by atoms with Crippen LogP contribution in [0.25, 0.3) is 22.4 Å². The number of aromatic nitrogens is 1. The van der Waals surface area contributed by atoms with E-state index in [0.717, 1.165) is 28.1 Å². The van der Waals surface area contributed by atoms with Crippen LogP contribution in [0.4, 0.5) is 0 Å². The highest BCUT2D eigenvalue weighted by molar-refractivity contribution is 7.80.